The van der Waals surface area contributed by atoms with E-state index in [0.29, 0.717) is 10.7 Å². The molecule has 0 aliphatic heterocycles. The molecule has 5 nitrogen and oxygen atoms in total. The Morgan fingerprint density at radius 3 is 2.12 bits per heavy atom. The van der Waals surface area contributed by atoms with E-state index in [1.807, 2.05) is 6.07 Å². The van der Waals surface area contributed by atoms with Crippen molar-refractivity contribution in [2.45, 2.75) is 39.5 Å². The third-order valence-corrected chi connectivity index (χ3v) is 4.33. The van der Waals surface area contributed by atoms with Gasteiger partial charge in [0.05, 0.1) is 0 Å². The summed E-state index contributed by atoms with van der Waals surface area (Å²) in [4.78, 5) is 2.29. The summed E-state index contributed by atoms with van der Waals surface area (Å²) in [6.45, 7) is 6.27. The lowest BCUT2D eigenvalue weighted by atomic mass is 10.2. The molecule has 0 aliphatic carbocycles. The summed E-state index contributed by atoms with van der Waals surface area (Å²) in [7, 11) is 0. The molecule has 26 heavy (non-hydrogen) atoms. The van der Waals surface area contributed by atoms with Crippen molar-refractivity contribution < 1.29 is 10.2 Å². The van der Waals surface area contributed by atoms with Crippen molar-refractivity contribution >= 4 is 28.7 Å². The van der Waals surface area contributed by atoms with Gasteiger partial charge in [-0.2, -0.15) is 0 Å². The van der Waals surface area contributed by atoms with Gasteiger partial charge in [-0.1, -0.05) is 38.3 Å². The fourth-order valence-corrected chi connectivity index (χ4v) is 2.71. The quantitative estimate of drug-likeness (QED) is 0.487. The Morgan fingerprint density at radius 1 is 0.846 bits per heavy atom. The Kier molecular flexibility index (Phi) is 7.73. The average molecular weight is 376 g/mol. The van der Waals surface area contributed by atoms with E-state index in [4.69, 9.17) is 11.6 Å². The van der Waals surface area contributed by atoms with Crippen LogP contribution in [0.4, 0.5) is 17.1 Å². The van der Waals surface area contributed by atoms with Crippen LogP contribution in [-0.2, 0) is 0 Å². The minimum Gasteiger partial charge on any atom is -0.506 e. The molecule has 0 saturated heterocycles. The molecule has 6 heteroatoms. The zero-order valence-corrected chi connectivity index (χ0v) is 16.1. The first kappa shape index (κ1) is 20.0. The number of azo groups is 1. The number of phenols is 2. The van der Waals surface area contributed by atoms with Gasteiger partial charge in [-0.15, -0.1) is 10.2 Å². The fraction of sp³-hybridized carbons (Fsp3) is 0.400. The van der Waals surface area contributed by atoms with Crippen LogP contribution in [0.5, 0.6) is 11.5 Å². The lowest BCUT2D eigenvalue weighted by Gasteiger charge is -2.25. The number of hydrogen-bond donors (Lipinski definition) is 2. The molecule has 2 aromatic carbocycles. The van der Waals surface area contributed by atoms with Crippen LogP contribution in [0.2, 0.25) is 5.02 Å². The molecule has 0 heterocycles. The Balaban J connectivity index is 2.19. The van der Waals surface area contributed by atoms with Gasteiger partial charge in [0.15, 0.2) is 0 Å². The van der Waals surface area contributed by atoms with Crippen molar-refractivity contribution in [3.05, 3.63) is 41.4 Å². The van der Waals surface area contributed by atoms with Gasteiger partial charge < -0.3 is 15.1 Å². The van der Waals surface area contributed by atoms with Crippen LogP contribution in [0.15, 0.2) is 46.6 Å². The molecule has 0 aliphatic rings. The number of unbranched alkanes of at least 4 members (excludes halogenated alkanes) is 2. The van der Waals surface area contributed by atoms with Gasteiger partial charge >= 0.3 is 0 Å². The van der Waals surface area contributed by atoms with Crippen molar-refractivity contribution in [1.82, 2.24) is 0 Å². The van der Waals surface area contributed by atoms with E-state index in [-0.39, 0.29) is 17.2 Å². The van der Waals surface area contributed by atoms with E-state index in [1.54, 1.807) is 18.2 Å². The van der Waals surface area contributed by atoms with Crippen LogP contribution in [0.1, 0.15) is 39.5 Å². The highest BCUT2D eigenvalue weighted by Crippen LogP contribution is 2.35. The van der Waals surface area contributed by atoms with E-state index in [1.165, 1.54) is 12.1 Å². The minimum absolute atomic E-state index is 0.0143. The van der Waals surface area contributed by atoms with E-state index >= 15 is 0 Å². The highest BCUT2D eigenvalue weighted by atomic mass is 35.5. The Hall–Kier alpha value is -2.27. The van der Waals surface area contributed by atoms with Crippen molar-refractivity contribution in [1.29, 1.82) is 0 Å². The average Bonchev–Trinajstić information content (AvgIpc) is 2.63. The van der Waals surface area contributed by atoms with Crippen LogP contribution >= 0.6 is 11.6 Å². The topological polar surface area (TPSA) is 68.4 Å². The first-order valence-electron chi connectivity index (χ1n) is 9.03. The summed E-state index contributed by atoms with van der Waals surface area (Å²) < 4.78 is 0. The van der Waals surface area contributed by atoms with E-state index in [0.717, 1.165) is 44.5 Å². The van der Waals surface area contributed by atoms with Crippen molar-refractivity contribution in [2.24, 2.45) is 10.2 Å². The molecule has 2 N–H and O–H groups in total. The highest BCUT2D eigenvalue weighted by molar-refractivity contribution is 6.30. The van der Waals surface area contributed by atoms with Crippen LogP contribution in [0.25, 0.3) is 0 Å². The summed E-state index contributed by atoms with van der Waals surface area (Å²) in [5.74, 6) is 0.0466. The molecule has 0 fully saturated rings. The molecule has 0 spiro atoms. The molecule has 0 saturated carbocycles. The first-order valence-corrected chi connectivity index (χ1v) is 9.41. The van der Waals surface area contributed by atoms with Gasteiger partial charge in [0.1, 0.15) is 22.9 Å². The van der Waals surface area contributed by atoms with Crippen LogP contribution in [-0.4, -0.2) is 23.3 Å². The van der Waals surface area contributed by atoms with Crippen LogP contribution < -0.4 is 4.90 Å². The molecule has 140 valence electrons. The maximum Gasteiger partial charge on any atom is 0.145 e. The molecule has 0 aromatic heterocycles. The molecule has 2 aromatic rings. The minimum atomic E-state index is -0.0143. The number of rotatable bonds is 9. The summed E-state index contributed by atoms with van der Waals surface area (Å²) >= 11 is 5.90. The largest absolute Gasteiger partial charge is 0.506 e. The standard InChI is InChI=1S/C20H26ClN3O2/c1-3-5-11-24(12-6-4-2)16-8-9-17(20(26)14-16)22-23-18-13-15(21)7-10-19(18)25/h7-10,13-14,25-26H,3-6,11-12H2,1-2H3. The van der Waals surface area contributed by atoms with E-state index in [2.05, 4.69) is 29.0 Å². The number of anilines is 1. The second-order valence-corrected chi connectivity index (χ2v) is 6.64. The number of halogens is 1. The van der Waals surface area contributed by atoms with Gasteiger partial charge in [0.25, 0.3) is 0 Å². The lowest BCUT2D eigenvalue weighted by Crippen LogP contribution is -2.25. The lowest BCUT2D eigenvalue weighted by molar-refractivity contribution is 0.473. The summed E-state index contributed by atoms with van der Waals surface area (Å²) in [6, 6.07) is 9.95. The molecule has 0 unspecified atom stereocenters. The summed E-state index contributed by atoms with van der Waals surface area (Å²) in [6.07, 6.45) is 4.48. The Labute approximate surface area is 160 Å². The molecule has 0 bridgehead atoms. The molecule has 0 radical (unpaired) electrons. The van der Waals surface area contributed by atoms with Gasteiger partial charge in [0, 0.05) is 29.9 Å². The summed E-state index contributed by atoms with van der Waals surface area (Å²) in [5.41, 5.74) is 1.58. The Morgan fingerprint density at radius 2 is 1.50 bits per heavy atom. The maximum atomic E-state index is 10.3. The van der Waals surface area contributed by atoms with Crippen molar-refractivity contribution in [2.75, 3.05) is 18.0 Å². The molecular weight excluding hydrogens is 350 g/mol. The van der Waals surface area contributed by atoms with Gasteiger partial charge in [-0.3, -0.25) is 0 Å². The second-order valence-electron chi connectivity index (χ2n) is 6.20. The number of phenolic OH excluding ortho intramolecular Hbond substituents is 2. The first-order chi connectivity index (χ1) is 12.5. The summed E-state index contributed by atoms with van der Waals surface area (Å²) in [5, 5.41) is 28.6. The number of aromatic hydroxyl groups is 2. The monoisotopic (exact) mass is 375 g/mol. The SMILES string of the molecule is CCCCN(CCCC)c1ccc(N=Nc2cc(Cl)ccc2O)c(O)c1. The third kappa shape index (κ3) is 5.63. The van der Waals surface area contributed by atoms with Crippen molar-refractivity contribution in [3.8, 4) is 11.5 Å². The zero-order chi connectivity index (χ0) is 18.9. The fourth-order valence-electron chi connectivity index (χ4n) is 2.55. The molecule has 0 atom stereocenters. The number of hydrogen-bond acceptors (Lipinski definition) is 5. The normalized spacial score (nSPS) is 11.2. The second kappa shape index (κ2) is 10.0. The van der Waals surface area contributed by atoms with Crippen LogP contribution in [0.3, 0.4) is 0 Å². The number of benzene rings is 2. The van der Waals surface area contributed by atoms with E-state index in [9.17, 15) is 10.2 Å². The van der Waals surface area contributed by atoms with Crippen molar-refractivity contribution in [3.63, 3.8) is 0 Å². The van der Waals surface area contributed by atoms with Gasteiger partial charge in [0.2, 0.25) is 0 Å². The molecule has 2 rings (SSSR count). The maximum absolute atomic E-state index is 10.3. The third-order valence-electron chi connectivity index (χ3n) is 4.09. The molecule has 0 amide bonds. The Bertz CT molecular complexity index is 742. The molecular formula is C20H26ClN3O2. The predicted octanol–water partition coefficient (Wildman–Crippen LogP) is 6.57. The predicted molar refractivity (Wildman–Crippen MR) is 107 cm³/mol. The van der Waals surface area contributed by atoms with E-state index < -0.39 is 0 Å². The number of nitrogens with zero attached hydrogens (tertiary/aromatic N) is 3. The zero-order valence-electron chi connectivity index (χ0n) is 15.3. The highest BCUT2D eigenvalue weighted by Gasteiger charge is 2.09. The van der Waals surface area contributed by atoms with Crippen LogP contribution in [0, 0.1) is 0 Å². The smallest absolute Gasteiger partial charge is 0.145 e. The van der Waals surface area contributed by atoms with Gasteiger partial charge in [-0.25, -0.2) is 0 Å². The van der Waals surface area contributed by atoms with Gasteiger partial charge in [-0.05, 0) is 43.2 Å².